The maximum atomic E-state index is 12.5. The first-order chi connectivity index (χ1) is 17.0. The Bertz CT molecular complexity index is 998. The van der Waals surface area contributed by atoms with E-state index in [-0.39, 0.29) is 5.91 Å². The Morgan fingerprint density at radius 2 is 1.74 bits per heavy atom. The van der Waals surface area contributed by atoms with Crippen molar-refractivity contribution in [1.29, 1.82) is 0 Å². The topological polar surface area (TPSA) is 54.5 Å². The highest BCUT2D eigenvalue weighted by molar-refractivity contribution is 5.94. The van der Waals surface area contributed by atoms with Gasteiger partial charge in [0.2, 0.25) is 5.75 Å². The number of carbonyl (C=O) groups is 1. The second kappa shape index (κ2) is 11.3. The fourth-order valence-electron chi connectivity index (χ4n) is 5.24. The summed E-state index contributed by atoms with van der Waals surface area (Å²) in [6.07, 6.45) is 2.27. The summed E-state index contributed by atoms with van der Waals surface area (Å²) in [5, 5.41) is 2.10. The van der Waals surface area contributed by atoms with Crippen molar-refractivity contribution < 1.29 is 19.1 Å². The van der Waals surface area contributed by atoms with Gasteiger partial charge in [0, 0.05) is 36.8 Å². The highest BCUT2D eigenvalue weighted by atomic mass is 16.7. The van der Waals surface area contributed by atoms with Gasteiger partial charge in [-0.1, -0.05) is 12.1 Å². The zero-order chi connectivity index (χ0) is 24.9. The summed E-state index contributed by atoms with van der Waals surface area (Å²) in [6.45, 7) is 11.6. The van der Waals surface area contributed by atoms with Crippen LogP contribution in [0.3, 0.4) is 0 Å². The van der Waals surface area contributed by atoms with Crippen molar-refractivity contribution in [3.8, 4) is 17.2 Å². The molecule has 1 unspecified atom stereocenters. The predicted octanol–water partition coefficient (Wildman–Crippen LogP) is 4.60. The highest BCUT2D eigenvalue weighted by Gasteiger charge is 2.35. The number of carbonyl (C=O) groups excluding carboxylic acids is 1. The molecular formula is C28H39N3O4. The maximum absolute atomic E-state index is 12.5. The molecule has 1 amide bonds. The number of methoxy groups -OCH3 is 2. The fraction of sp³-hybridized carbons (Fsp3) is 0.536. The smallest absolute Gasteiger partial charge is 0.253 e. The molecule has 2 aliphatic heterocycles. The van der Waals surface area contributed by atoms with E-state index in [0.29, 0.717) is 23.5 Å². The van der Waals surface area contributed by atoms with Crippen LogP contribution in [0.15, 0.2) is 36.4 Å². The van der Waals surface area contributed by atoms with Crippen molar-refractivity contribution >= 4 is 5.91 Å². The number of hydroxylamine groups is 2. The molecule has 35 heavy (non-hydrogen) atoms. The minimum absolute atomic E-state index is 0.110. The first-order valence-electron chi connectivity index (χ1n) is 12.8. The van der Waals surface area contributed by atoms with Gasteiger partial charge >= 0.3 is 0 Å². The van der Waals surface area contributed by atoms with Crippen LogP contribution >= 0.6 is 0 Å². The fourth-order valence-corrected chi connectivity index (χ4v) is 5.24. The first-order valence-corrected chi connectivity index (χ1v) is 12.8. The van der Waals surface area contributed by atoms with Crippen LogP contribution in [-0.2, 0) is 13.1 Å². The van der Waals surface area contributed by atoms with Crippen LogP contribution < -0.4 is 14.3 Å². The molecule has 1 saturated heterocycles. The summed E-state index contributed by atoms with van der Waals surface area (Å²) in [5.41, 5.74) is 3.16. The van der Waals surface area contributed by atoms with Crippen molar-refractivity contribution in [2.24, 2.45) is 5.92 Å². The van der Waals surface area contributed by atoms with Crippen LogP contribution in [0.4, 0.5) is 0 Å². The number of benzene rings is 2. The Hall–Kier alpha value is -2.77. The molecule has 2 aromatic carbocycles. The minimum Gasteiger partial charge on any atom is -0.493 e. The van der Waals surface area contributed by atoms with E-state index >= 15 is 0 Å². The van der Waals surface area contributed by atoms with E-state index < -0.39 is 0 Å². The zero-order valence-corrected chi connectivity index (χ0v) is 21.8. The standard InChI is InChI=1S/C28H39N3O4/c1-6-30(7-2)28(32)23-10-8-21(9-11-23)18-29-16-14-22(15-17-29)20(3)31-19-24-12-13-25(33-4)27(34-5)26(24)35-31/h8-13,20,22H,6-7,14-19H2,1-5H3. The summed E-state index contributed by atoms with van der Waals surface area (Å²) >= 11 is 0. The van der Waals surface area contributed by atoms with Crippen molar-refractivity contribution in [3.05, 3.63) is 53.1 Å². The lowest BCUT2D eigenvalue weighted by Gasteiger charge is -2.37. The van der Waals surface area contributed by atoms with E-state index in [9.17, 15) is 4.79 Å². The monoisotopic (exact) mass is 481 g/mol. The van der Waals surface area contributed by atoms with Crippen LogP contribution in [0.1, 0.15) is 55.1 Å². The lowest BCUT2D eigenvalue weighted by atomic mass is 9.90. The summed E-state index contributed by atoms with van der Waals surface area (Å²) < 4.78 is 11.0. The molecule has 0 bridgehead atoms. The highest BCUT2D eigenvalue weighted by Crippen LogP contribution is 2.45. The SMILES string of the molecule is CCN(CC)C(=O)c1ccc(CN2CCC(C(C)N3Cc4ccc(OC)c(OC)c4O3)CC2)cc1. The van der Waals surface area contributed by atoms with Crippen molar-refractivity contribution in [2.75, 3.05) is 40.4 Å². The van der Waals surface area contributed by atoms with E-state index in [4.69, 9.17) is 14.3 Å². The Labute approximate surface area is 209 Å². The van der Waals surface area contributed by atoms with Gasteiger partial charge in [-0.3, -0.25) is 9.69 Å². The van der Waals surface area contributed by atoms with Crippen LogP contribution in [-0.4, -0.2) is 67.2 Å². The number of rotatable bonds is 9. The predicted molar refractivity (Wildman–Crippen MR) is 137 cm³/mol. The molecule has 2 heterocycles. The van der Waals surface area contributed by atoms with Gasteiger partial charge in [-0.05, 0) is 82.4 Å². The molecule has 0 saturated carbocycles. The normalized spacial score (nSPS) is 17.5. The van der Waals surface area contributed by atoms with Crippen molar-refractivity contribution in [3.63, 3.8) is 0 Å². The van der Waals surface area contributed by atoms with Crippen molar-refractivity contribution in [1.82, 2.24) is 14.9 Å². The van der Waals surface area contributed by atoms with E-state index in [0.717, 1.165) is 69.0 Å². The van der Waals surface area contributed by atoms with Crippen LogP contribution in [0.5, 0.6) is 17.2 Å². The third-order valence-electron chi connectivity index (χ3n) is 7.54. The molecule has 0 N–H and O–H groups in total. The maximum Gasteiger partial charge on any atom is 0.253 e. The second-order valence-electron chi connectivity index (χ2n) is 9.48. The molecule has 0 spiro atoms. The quantitative estimate of drug-likeness (QED) is 0.522. The molecule has 2 aromatic rings. The van der Waals surface area contributed by atoms with Gasteiger partial charge in [0.25, 0.3) is 5.91 Å². The molecular weight excluding hydrogens is 442 g/mol. The average molecular weight is 482 g/mol. The molecule has 0 aromatic heterocycles. The lowest BCUT2D eigenvalue weighted by molar-refractivity contribution is -0.101. The van der Waals surface area contributed by atoms with Gasteiger partial charge in [-0.25, -0.2) is 0 Å². The average Bonchev–Trinajstić information content (AvgIpc) is 3.33. The number of likely N-dealkylation sites (tertiary alicyclic amines) is 1. The van der Waals surface area contributed by atoms with Gasteiger partial charge in [0.05, 0.1) is 20.8 Å². The summed E-state index contributed by atoms with van der Waals surface area (Å²) in [6, 6.07) is 12.5. The largest absolute Gasteiger partial charge is 0.493 e. The summed E-state index contributed by atoms with van der Waals surface area (Å²) in [4.78, 5) is 23.2. The Balaban J connectivity index is 1.29. The number of fused-ring (bicyclic) bond motifs is 1. The number of hydrogen-bond acceptors (Lipinski definition) is 6. The number of piperidine rings is 1. The van der Waals surface area contributed by atoms with E-state index in [1.165, 1.54) is 5.56 Å². The van der Waals surface area contributed by atoms with E-state index in [1.54, 1.807) is 14.2 Å². The minimum atomic E-state index is 0.110. The summed E-state index contributed by atoms with van der Waals surface area (Å²) in [7, 11) is 3.30. The third-order valence-corrected chi connectivity index (χ3v) is 7.54. The van der Waals surface area contributed by atoms with E-state index in [2.05, 4.69) is 35.1 Å². The van der Waals surface area contributed by atoms with Gasteiger partial charge < -0.3 is 19.2 Å². The number of amides is 1. The molecule has 190 valence electrons. The molecule has 1 atom stereocenters. The van der Waals surface area contributed by atoms with Crippen LogP contribution in [0.25, 0.3) is 0 Å². The zero-order valence-electron chi connectivity index (χ0n) is 21.8. The van der Waals surface area contributed by atoms with Gasteiger partial charge in [0.1, 0.15) is 0 Å². The first kappa shape index (κ1) is 25.3. The number of hydrogen-bond donors (Lipinski definition) is 0. The van der Waals surface area contributed by atoms with Crippen molar-refractivity contribution in [2.45, 2.75) is 52.7 Å². The molecule has 0 radical (unpaired) electrons. The van der Waals surface area contributed by atoms with E-state index in [1.807, 2.05) is 36.9 Å². The van der Waals surface area contributed by atoms with Gasteiger partial charge in [-0.2, -0.15) is 0 Å². The lowest BCUT2D eigenvalue weighted by Crippen LogP contribution is -2.43. The Morgan fingerprint density at radius 1 is 1.06 bits per heavy atom. The van der Waals surface area contributed by atoms with Gasteiger partial charge in [-0.15, -0.1) is 5.06 Å². The molecule has 7 nitrogen and oxygen atoms in total. The number of nitrogens with zero attached hydrogens (tertiary/aromatic N) is 3. The van der Waals surface area contributed by atoms with Gasteiger partial charge in [0.15, 0.2) is 11.5 Å². The third kappa shape index (κ3) is 5.41. The number of ether oxygens (including phenoxy) is 2. The second-order valence-corrected chi connectivity index (χ2v) is 9.48. The van der Waals surface area contributed by atoms with Crippen LogP contribution in [0.2, 0.25) is 0 Å². The van der Waals surface area contributed by atoms with Crippen LogP contribution in [0, 0.1) is 5.92 Å². The molecule has 0 aliphatic carbocycles. The molecule has 7 heteroatoms. The molecule has 2 aliphatic rings. The Morgan fingerprint density at radius 3 is 2.34 bits per heavy atom. The summed E-state index contributed by atoms with van der Waals surface area (Å²) in [5.74, 6) is 2.82. The Kier molecular flexibility index (Phi) is 8.19. The molecule has 1 fully saturated rings. The molecule has 4 rings (SSSR count).